The molecule has 1 aliphatic carbocycles. The van der Waals surface area contributed by atoms with E-state index < -0.39 is 40.2 Å². The Morgan fingerprint density at radius 1 is 1.08 bits per heavy atom. The van der Waals surface area contributed by atoms with Crippen molar-refractivity contribution >= 4 is 28.9 Å². The molecule has 0 saturated carbocycles. The van der Waals surface area contributed by atoms with Crippen molar-refractivity contribution in [1.29, 1.82) is 0 Å². The molecular weight excluding hydrogens is 496 g/mol. The molecule has 3 aliphatic rings. The van der Waals surface area contributed by atoms with Crippen molar-refractivity contribution in [2.24, 2.45) is 0 Å². The number of hydrogen-bond acceptors (Lipinski definition) is 10. The van der Waals surface area contributed by atoms with Crippen LogP contribution in [0.25, 0.3) is 0 Å². The van der Waals surface area contributed by atoms with Gasteiger partial charge >= 0.3 is 0 Å². The predicted molar refractivity (Wildman–Crippen MR) is 132 cm³/mol. The van der Waals surface area contributed by atoms with E-state index >= 15 is 0 Å². The lowest BCUT2D eigenvalue weighted by atomic mass is 9.70. The van der Waals surface area contributed by atoms with E-state index in [9.17, 15) is 29.4 Å². The molecule has 4 N–H and O–H groups in total. The minimum atomic E-state index is -1.64. The summed E-state index contributed by atoms with van der Waals surface area (Å²) in [6.07, 6.45) is 1.12. The van der Waals surface area contributed by atoms with Gasteiger partial charge in [-0.2, -0.15) is 0 Å². The molecule has 1 amide bonds. The number of hydrogen-bond donors (Lipinski definition) is 4. The number of anilines is 1. The third-order valence-electron chi connectivity index (χ3n) is 6.93. The van der Waals surface area contributed by atoms with Crippen LogP contribution in [0.3, 0.4) is 0 Å². The smallest absolute Gasteiger partial charge is 0.243 e. The number of benzene rings is 2. The number of allylic oxidation sites excluding steroid dienone is 4. The zero-order chi connectivity index (χ0) is 27.5. The number of carbonyl (C=O) groups is 4. The van der Waals surface area contributed by atoms with Gasteiger partial charge in [-0.15, -0.1) is 0 Å². The summed E-state index contributed by atoms with van der Waals surface area (Å²) in [5, 5.41) is 26.8. The predicted octanol–water partition coefficient (Wildman–Crippen LogP) is 2.53. The Labute approximate surface area is 216 Å². The first kappa shape index (κ1) is 24.9. The number of ketones is 3. The summed E-state index contributed by atoms with van der Waals surface area (Å²) in [6, 6.07) is 4.93. The third kappa shape index (κ3) is 3.58. The van der Waals surface area contributed by atoms with E-state index in [2.05, 4.69) is 10.6 Å². The van der Waals surface area contributed by atoms with Gasteiger partial charge in [0.2, 0.25) is 12.7 Å². The Balaban J connectivity index is 1.43. The van der Waals surface area contributed by atoms with E-state index in [-0.39, 0.29) is 52.8 Å². The standard InChI is InChI=1S/C27H24N2O9/c1-11-23(33)21(13(3)30)25-22(24(11)34)27(4)18(38-25)8-15(31)20(26(27)35)12(2)28-9-19(32)29-14-5-6-16-17(7-14)37-10-36-16/h5-8,28,33-34H,9-10H2,1-4H3,(H,29,32)/b20-12+/t27-/m0/s1. The van der Waals surface area contributed by atoms with Gasteiger partial charge < -0.3 is 35.1 Å². The fourth-order valence-corrected chi connectivity index (χ4v) is 4.84. The van der Waals surface area contributed by atoms with Crippen LogP contribution in [0.1, 0.15) is 42.3 Å². The van der Waals surface area contributed by atoms with Gasteiger partial charge in [0.15, 0.2) is 28.8 Å². The molecular formula is C27H24N2O9. The first-order chi connectivity index (χ1) is 17.9. The maximum absolute atomic E-state index is 13.8. The van der Waals surface area contributed by atoms with Crippen LogP contribution in [0.5, 0.6) is 28.7 Å². The normalized spacial score (nSPS) is 20.3. The molecule has 0 saturated heterocycles. The van der Waals surface area contributed by atoms with Crippen molar-refractivity contribution < 1.29 is 43.6 Å². The average Bonchev–Trinajstić information content (AvgIpc) is 3.43. The molecule has 1 atom stereocenters. The summed E-state index contributed by atoms with van der Waals surface area (Å²) in [7, 11) is 0. The van der Waals surface area contributed by atoms with E-state index in [0.717, 1.165) is 6.08 Å². The van der Waals surface area contributed by atoms with Crippen LogP contribution in [0.15, 0.2) is 41.3 Å². The van der Waals surface area contributed by atoms with E-state index in [0.29, 0.717) is 17.2 Å². The number of Topliss-reactive ketones (excluding diaryl/α,β-unsaturated/α-hetero) is 2. The molecule has 11 heteroatoms. The Morgan fingerprint density at radius 3 is 2.50 bits per heavy atom. The van der Waals surface area contributed by atoms with Crippen LogP contribution in [-0.4, -0.2) is 46.8 Å². The second-order valence-corrected chi connectivity index (χ2v) is 9.36. The molecule has 5 rings (SSSR count). The van der Waals surface area contributed by atoms with Gasteiger partial charge in [0.25, 0.3) is 0 Å². The van der Waals surface area contributed by atoms with Gasteiger partial charge in [-0.25, -0.2) is 0 Å². The first-order valence-corrected chi connectivity index (χ1v) is 11.7. The molecule has 0 unspecified atom stereocenters. The third-order valence-corrected chi connectivity index (χ3v) is 6.93. The Bertz CT molecular complexity index is 1540. The Hall–Kier alpha value is -4.80. The molecule has 0 radical (unpaired) electrons. The highest BCUT2D eigenvalue weighted by molar-refractivity contribution is 6.31. The second-order valence-electron chi connectivity index (χ2n) is 9.36. The van der Waals surface area contributed by atoms with Crippen molar-refractivity contribution in [3.63, 3.8) is 0 Å². The van der Waals surface area contributed by atoms with Crippen LogP contribution < -0.4 is 24.8 Å². The van der Waals surface area contributed by atoms with Crippen LogP contribution >= 0.6 is 0 Å². The molecule has 11 nitrogen and oxygen atoms in total. The molecule has 196 valence electrons. The highest BCUT2D eigenvalue weighted by atomic mass is 16.7. The van der Waals surface area contributed by atoms with E-state index in [4.69, 9.17) is 14.2 Å². The minimum absolute atomic E-state index is 0.00490. The van der Waals surface area contributed by atoms with Gasteiger partial charge in [-0.05, 0) is 39.8 Å². The molecule has 2 aliphatic heterocycles. The van der Waals surface area contributed by atoms with Crippen molar-refractivity contribution in [3.05, 3.63) is 58.0 Å². The lowest BCUT2D eigenvalue weighted by molar-refractivity contribution is -0.124. The lowest BCUT2D eigenvalue weighted by Gasteiger charge is -2.29. The summed E-state index contributed by atoms with van der Waals surface area (Å²) >= 11 is 0. The number of phenolic OH excluding ortho intramolecular Hbond substituents is 2. The highest BCUT2D eigenvalue weighted by Gasteiger charge is 2.56. The van der Waals surface area contributed by atoms with Crippen molar-refractivity contribution in [2.45, 2.75) is 33.1 Å². The molecule has 38 heavy (non-hydrogen) atoms. The topological polar surface area (TPSA) is 160 Å². The lowest BCUT2D eigenvalue weighted by Crippen LogP contribution is -2.41. The number of fused-ring (bicyclic) bond motifs is 4. The van der Waals surface area contributed by atoms with Gasteiger partial charge in [-0.1, -0.05) is 0 Å². The summed E-state index contributed by atoms with van der Waals surface area (Å²) < 4.78 is 16.3. The maximum Gasteiger partial charge on any atom is 0.243 e. The van der Waals surface area contributed by atoms with E-state index in [1.807, 2.05) is 0 Å². The number of ether oxygens (including phenoxy) is 3. The van der Waals surface area contributed by atoms with Gasteiger partial charge in [0.05, 0.1) is 17.7 Å². The van der Waals surface area contributed by atoms with Crippen LogP contribution in [-0.2, 0) is 19.8 Å². The summed E-state index contributed by atoms with van der Waals surface area (Å²) in [4.78, 5) is 51.6. The van der Waals surface area contributed by atoms with E-state index in [1.165, 1.54) is 27.7 Å². The zero-order valence-corrected chi connectivity index (χ0v) is 21.0. The monoisotopic (exact) mass is 520 g/mol. The van der Waals surface area contributed by atoms with Crippen molar-refractivity contribution in [3.8, 4) is 28.7 Å². The Morgan fingerprint density at radius 2 is 1.79 bits per heavy atom. The van der Waals surface area contributed by atoms with Crippen LogP contribution in [0.4, 0.5) is 5.69 Å². The first-order valence-electron chi connectivity index (χ1n) is 11.7. The largest absolute Gasteiger partial charge is 0.507 e. The molecule has 2 heterocycles. The second kappa shape index (κ2) is 8.65. The number of carbonyl (C=O) groups excluding carboxylic acids is 4. The number of rotatable bonds is 5. The van der Waals surface area contributed by atoms with Crippen molar-refractivity contribution in [2.75, 3.05) is 18.7 Å². The van der Waals surface area contributed by atoms with Gasteiger partial charge in [0.1, 0.15) is 34.0 Å². The maximum atomic E-state index is 13.8. The Kier molecular flexibility index (Phi) is 5.66. The van der Waals surface area contributed by atoms with Crippen molar-refractivity contribution in [1.82, 2.24) is 5.32 Å². The highest BCUT2D eigenvalue weighted by Crippen LogP contribution is 2.57. The van der Waals surface area contributed by atoms with E-state index in [1.54, 1.807) is 18.2 Å². The molecule has 2 aromatic carbocycles. The minimum Gasteiger partial charge on any atom is -0.507 e. The summed E-state index contributed by atoms with van der Waals surface area (Å²) in [5.74, 6) is -2.36. The average molecular weight is 520 g/mol. The van der Waals surface area contributed by atoms with Crippen LogP contribution in [0, 0.1) is 6.92 Å². The SMILES string of the molecule is CC(=O)c1c(O)c(C)c(O)c2c1OC1=CC(=O)/C(=C(/C)NCC(=O)Nc3ccc4c(c3)OCO4)C(=O)[C@@]12C. The fourth-order valence-electron chi connectivity index (χ4n) is 4.84. The van der Waals surface area contributed by atoms with Gasteiger partial charge in [0, 0.05) is 29.1 Å². The molecule has 0 aromatic heterocycles. The molecule has 0 fully saturated rings. The summed E-state index contributed by atoms with van der Waals surface area (Å²) in [5.41, 5.74) is -1.43. The molecule has 0 bridgehead atoms. The quantitative estimate of drug-likeness (QED) is 0.262. The van der Waals surface area contributed by atoms with Gasteiger partial charge in [-0.3, -0.25) is 19.2 Å². The zero-order valence-electron chi connectivity index (χ0n) is 21.0. The number of nitrogens with one attached hydrogen (secondary N) is 2. The summed E-state index contributed by atoms with van der Waals surface area (Å²) in [6.45, 7) is 5.43. The van der Waals surface area contributed by atoms with Crippen LogP contribution in [0.2, 0.25) is 0 Å². The molecule has 0 spiro atoms. The number of aromatic hydroxyl groups is 2. The number of amides is 1. The number of phenols is 2. The fraction of sp³-hybridized carbons (Fsp3) is 0.259. The molecule has 2 aromatic rings.